The SMILES string of the molecule is CC[n+]1ccccc1.Nc1cccc(S(=O)(=O)NCl)c1. The van der Waals surface area contributed by atoms with Gasteiger partial charge in [0.1, 0.15) is 6.54 Å². The molecule has 0 amide bonds. The zero-order valence-corrected chi connectivity index (χ0v) is 12.6. The minimum Gasteiger partial charge on any atom is -0.399 e. The van der Waals surface area contributed by atoms with Crippen molar-refractivity contribution in [2.45, 2.75) is 18.4 Å². The zero-order valence-electron chi connectivity index (χ0n) is 11.0. The Bertz CT molecular complexity index is 633. The lowest BCUT2D eigenvalue weighted by atomic mass is 10.3. The summed E-state index contributed by atoms with van der Waals surface area (Å²) in [5.41, 5.74) is 5.75. The number of sulfonamides is 1. The second kappa shape index (κ2) is 7.84. The molecule has 20 heavy (non-hydrogen) atoms. The van der Waals surface area contributed by atoms with Crippen LogP contribution in [0.3, 0.4) is 0 Å². The quantitative estimate of drug-likeness (QED) is 0.514. The fourth-order valence-corrected chi connectivity index (χ4v) is 2.28. The van der Waals surface area contributed by atoms with Crippen LogP contribution in [0.5, 0.6) is 0 Å². The molecule has 1 aromatic carbocycles. The second-order valence-corrected chi connectivity index (χ2v) is 5.95. The number of aromatic nitrogens is 1. The lowest BCUT2D eigenvalue weighted by Gasteiger charge is -2.00. The van der Waals surface area contributed by atoms with Gasteiger partial charge in [-0.15, -0.1) is 4.24 Å². The van der Waals surface area contributed by atoms with Gasteiger partial charge < -0.3 is 5.73 Å². The van der Waals surface area contributed by atoms with Gasteiger partial charge in [0.15, 0.2) is 12.4 Å². The van der Waals surface area contributed by atoms with Crippen molar-refractivity contribution < 1.29 is 13.0 Å². The Morgan fingerprint density at radius 2 is 1.85 bits per heavy atom. The van der Waals surface area contributed by atoms with E-state index < -0.39 is 10.0 Å². The molecular formula is C13H17ClN3O2S+. The van der Waals surface area contributed by atoms with Crippen LogP contribution in [0, 0.1) is 0 Å². The predicted octanol–water partition coefficient (Wildman–Crippen LogP) is 1.69. The molecule has 0 aliphatic heterocycles. The summed E-state index contributed by atoms with van der Waals surface area (Å²) in [5.74, 6) is 0. The third kappa shape index (κ3) is 5.16. The van der Waals surface area contributed by atoms with Gasteiger partial charge in [0.05, 0.1) is 4.90 Å². The first-order chi connectivity index (χ1) is 9.49. The fourth-order valence-electron chi connectivity index (χ4n) is 1.37. The number of anilines is 1. The number of nitrogen functional groups attached to an aromatic ring is 1. The van der Waals surface area contributed by atoms with Gasteiger partial charge in [0.2, 0.25) is 0 Å². The summed E-state index contributed by atoms with van der Waals surface area (Å²) < 4.78 is 25.9. The summed E-state index contributed by atoms with van der Waals surface area (Å²) in [7, 11) is -3.59. The Kier molecular flexibility index (Phi) is 6.44. The fraction of sp³-hybridized carbons (Fsp3) is 0.154. The number of pyridine rings is 1. The first-order valence-electron chi connectivity index (χ1n) is 5.91. The number of nitrogens with zero attached hydrogens (tertiary/aromatic N) is 1. The highest BCUT2D eigenvalue weighted by Crippen LogP contribution is 2.12. The first-order valence-corrected chi connectivity index (χ1v) is 7.77. The van der Waals surface area contributed by atoms with E-state index in [1.54, 1.807) is 10.3 Å². The van der Waals surface area contributed by atoms with Crippen molar-refractivity contribution in [1.29, 1.82) is 0 Å². The molecule has 0 spiro atoms. The van der Waals surface area contributed by atoms with E-state index in [0.717, 1.165) is 6.54 Å². The first kappa shape index (κ1) is 16.4. The summed E-state index contributed by atoms with van der Waals surface area (Å²) in [6.45, 7) is 3.18. The van der Waals surface area contributed by atoms with Crippen molar-refractivity contribution in [3.05, 3.63) is 54.9 Å². The maximum Gasteiger partial charge on any atom is 0.253 e. The van der Waals surface area contributed by atoms with Gasteiger partial charge in [-0.3, -0.25) is 0 Å². The van der Waals surface area contributed by atoms with Crippen LogP contribution in [0.2, 0.25) is 0 Å². The molecule has 7 heteroatoms. The lowest BCUT2D eigenvalue weighted by Crippen LogP contribution is -2.30. The van der Waals surface area contributed by atoms with Crippen molar-refractivity contribution in [2.75, 3.05) is 5.73 Å². The summed E-state index contributed by atoms with van der Waals surface area (Å²) in [6, 6.07) is 11.9. The van der Waals surface area contributed by atoms with E-state index in [1.165, 1.54) is 18.2 Å². The van der Waals surface area contributed by atoms with Crippen LogP contribution in [0.15, 0.2) is 59.8 Å². The largest absolute Gasteiger partial charge is 0.399 e. The van der Waals surface area contributed by atoms with Crippen LogP contribution in [0.1, 0.15) is 6.92 Å². The van der Waals surface area contributed by atoms with E-state index in [4.69, 9.17) is 17.5 Å². The second-order valence-electron chi connectivity index (χ2n) is 3.86. The summed E-state index contributed by atoms with van der Waals surface area (Å²) in [4.78, 5) is 0.0532. The van der Waals surface area contributed by atoms with Crippen molar-refractivity contribution in [1.82, 2.24) is 4.24 Å². The molecule has 0 aliphatic rings. The normalized spacial score (nSPS) is 10.5. The standard InChI is InChI=1S/C7H10N.C6H7ClN2O2S/c1-2-8-6-4-3-5-7-8;7-9-12(10,11)6-3-1-2-5(8)4-6/h3-7H,2H2,1H3;1-4,9H,8H2/q+1;. The Morgan fingerprint density at radius 3 is 2.30 bits per heavy atom. The van der Waals surface area contributed by atoms with Gasteiger partial charge in [-0.05, 0) is 36.9 Å². The molecule has 0 fully saturated rings. The van der Waals surface area contributed by atoms with Crippen LogP contribution >= 0.6 is 11.8 Å². The highest BCUT2D eigenvalue weighted by atomic mass is 35.5. The molecule has 108 valence electrons. The highest BCUT2D eigenvalue weighted by molar-refractivity contribution is 7.90. The van der Waals surface area contributed by atoms with E-state index in [-0.39, 0.29) is 4.90 Å². The molecule has 0 bridgehead atoms. The average molecular weight is 315 g/mol. The minimum atomic E-state index is -3.59. The highest BCUT2D eigenvalue weighted by Gasteiger charge is 2.11. The molecule has 5 nitrogen and oxygen atoms in total. The number of hydrogen-bond acceptors (Lipinski definition) is 3. The van der Waals surface area contributed by atoms with Crippen molar-refractivity contribution in [3.8, 4) is 0 Å². The van der Waals surface area contributed by atoms with Crippen molar-refractivity contribution in [3.63, 3.8) is 0 Å². The summed E-state index contributed by atoms with van der Waals surface area (Å²) >= 11 is 5.00. The van der Waals surface area contributed by atoms with Crippen LogP contribution < -0.4 is 14.5 Å². The molecule has 0 atom stereocenters. The summed E-state index contributed by atoms with van der Waals surface area (Å²) in [5, 5.41) is 0. The molecule has 0 aliphatic carbocycles. The van der Waals surface area contributed by atoms with Gasteiger partial charge in [-0.2, -0.15) is 0 Å². The molecule has 1 heterocycles. The van der Waals surface area contributed by atoms with Gasteiger partial charge in [-0.25, -0.2) is 13.0 Å². The number of halogens is 1. The summed E-state index contributed by atoms with van der Waals surface area (Å²) in [6.07, 6.45) is 4.11. The Labute approximate surface area is 124 Å². The lowest BCUT2D eigenvalue weighted by molar-refractivity contribution is -0.693. The number of hydrogen-bond donors (Lipinski definition) is 2. The van der Waals surface area contributed by atoms with Crippen LogP contribution in [-0.2, 0) is 16.6 Å². The molecule has 2 aromatic rings. The third-order valence-corrected chi connectivity index (χ3v) is 4.10. The smallest absolute Gasteiger partial charge is 0.253 e. The third-order valence-electron chi connectivity index (χ3n) is 2.41. The van der Waals surface area contributed by atoms with E-state index in [0.29, 0.717) is 5.69 Å². The number of nitrogens with two attached hydrogens (primary N) is 1. The molecular weight excluding hydrogens is 298 g/mol. The molecule has 1 aromatic heterocycles. The Morgan fingerprint density at radius 1 is 1.20 bits per heavy atom. The molecule has 0 saturated heterocycles. The maximum absolute atomic E-state index is 11.1. The van der Waals surface area contributed by atoms with E-state index in [1.807, 2.05) is 18.2 Å². The zero-order chi connectivity index (χ0) is 15.0. The topological polar surface area (TPSA) is 76.1 Å². The Hall–Kier alpha value is -1.63. The molecule has 2 rings (SSSR count). The van der Waals surface area contributed by atoms with Gasteiger partial charge in [0.25, 0.3) is 10.0 Å². The number of aryl methyl sites for hydroxylation is 1. The van der Waals surface area contributed by atoms with Crippen LogP contribution in [-0.4, -0.2) is 8.42 Å². The average Bonchev–Trinajstić information content (AvgIpc) is 2.49. The van der Waals surface area contributed by atoms with Gasteiger partial charge in [0, 0.05) is 17.8 Å². The monoisotopic (exact) mass is 314 g/mol. The Balaban J connectivity index is 0.000000217. The minimum absolute atomic E-state index is 0.0532. The van der Waals surface area contributed by atoms with Crippen molar-refractivity contribution in [2.24, 2.45) is 0 Å². The van der Waals surface area contributed by atoms with Crippen LogP contribution in [0.25, 0.3) is 0 Å². The van der Waals surface area contributed by atoms with Gasteiger partial charge >= 0.3 is 0 Å². The number of benzene rings is 1. The number of rotatable bonds is 3. The van der Waals surface area contributed by atoms with E-state index in [2.05, 4.69) is 23.9 Å². The maximum atomic E-state index is 11.1. The van der Waals surface area contributed by atoms with E-state index in [9.17, 15) is 8.42 Å². The predicted molar refractivity (Wildman–Crippen MR) is 79.3 cm³/mol. The van der Waals surface area contributed by atoms with E-state index >= 15 is 0 Å². The molecule has 0 radical (unpaired) electrons. The molecule has 0 saturated carbocycles. The number of nitrogens with one attached hydrogen (secondary N) is 1. The van der Waals surface area contributed by atoms with Crippen molar-refractivity contribution >= 4 is 27.5 Å². The molecule has 3 N–H and O–H groups in total. The van der Waals surface area contributed by atoms with Gasteiger partial charge in [-0.1, -0.05) is 12.1 Å². The van der Waals surface area contributed by atoms with Crippen LogP contribution in [0.4, 0.5) is 5.69 Å². The molecule has 0 unspecified atom stereocenters.